The van der Waals surface area contributed by atoms with Crippen LogP contribution in [0.4, 0.5) is 0 Å². The molecule has 0 atom stereocenters. The van der Waals surface area contributed by atoms with Crippen molar-refractivity contribution >= 4 is 0 Å². The van der Waals surface area contributed by atoms with Crippen molar-refractivity contribution < 1.29 is 4.74 Å². The van der Waals surface area contributed by atoms with Gasteiger partial charge in [-0.3, -0.25) is 0 Å². The first-order valence-electron chi connectivity index (χ1n) is 2.49. The third-order valence-electron chi connectivity index (χ3n) is 0.551. The number of rotatable bonds is 4. The molecule has 0 spiro atoms. The van der Waals surface area contributed by atoms with Crippen LogP contribution in [0, 0.1) is 6.92 Å². The second-order valence-electron chi connectivity index (χ2n) is 1.25. The zero-order valence-corrected chi connectivity index (χ0v) is 4.52. The Morgan fingerprint density at radius 3 is 2.57 bits per heavy atom. The average molecular weight is 102 g/mol. The molecule has 0 heterocycles. The zero-order valence-electron chi connectivity index (χ0n) is 4.52. The van der Waals surface area contributed by atoms with Crippen molar-refractivity contribution in [3.8, 4) is 0 Å². The Bertz CT molecular complexity index is 27.3. The molecule has 7 heavy (non-hydrogen) atoms. The molecule has 0 rings (SSSR count). The third-order valence-corrected chi connectivity index (χ3v) is 0.551. The van der Waals surface area contributed by atoms with E-state index < -0.39 is 0 Å². The second kappa shape index (κ2) is 5.79. The smallest absolute Gasteiger partial charge is 0.108 e. The van der Waals surface area contributed by atoms with Gasteiger partial charge >= 0.3 is 0 Å². The molecule has 0 aromatic heterocycles. The van der Waals surface area contributed by atoms with Gasteiger partial charge in [-0.1, -0.05) is 0 Å². The van der Waals surface area contributed by atoms with E-state index >= 15 is 0 Å². The summed E-state index contributed by atoms with van der Waals surface area (Å²) in [6.07, 6.45) is 0.833. The highest BCUT2D eigenvalue weighted by Gasteiger charge is 1.82. The standard InChI is InChI=1S/C5H12NO/c1-2-4-7-5-3-6/h1-6H2/q+1. The maximum absolute atomic E-state index is 5.12. The minimum Gasteiger partial charge on any atom is -0.376 e. The van der Waals surface area contributed by atoms with Crippen molar-refractivity contribution in [3.05, 3.63) is 6.92 Å². The minimum atomic E-state index is 0.611. The topological polar surface area (TPSA) is 35.2 Å². The molecule has 0 saturated carbocycles. The highest BCUT2D eigenvalue weighted by Crippen LogP contribution is 1.75. The number of nitrogens with two attached hydrogens (primary N) is 1. The maximum Gasteiger partial charge on any atom is 0.108 e. The van der Waals surface area contributed by atoms with Crippen LogP contribution >= 0.6 is 0 Å². The Balaban J connectivity index is 2.45. The summed E-state index contributed by atoms with van der Waals surface area (Å²) >= 11 is 0. The largest absolute Gasteiger partial charge is 0.376 e. The molecule has 2 heteroatoms. The first kappa shape index (κ1) is 6.79. The summed E-state index contributed by atoms with van der Waals surface area (Å²) in [6, 6.07) is 0. The highest BCUT2D eigenvalue weighted by atomic mass is 16.5. The van der Waals surface area contributed by atoms with E-state index in [-0.39, 0.29) is 0 Å². The van der Waals surface area contributed by atoms with Gasteiger partial charge in [-0.2, -0.15) is 0 Å². The predicted octanol–water partition coefficient (Wildman–Crippen LogP) is 0.186. The van der Waals surface area contributed by atoms with Crippen molar-refractivity contribution in [2.45, 2.75) is 6.42 Å². The monoisotopic (exact) mass is 102 g/mol. The summed E-state index contributed by atoms with van der Waals surface area (Å²) in [6.45, 7) is 5.60. The predicted molar refractivity (Wildman–Crippen MR) is 29.8 cm³/mol. The number of ether oxygens (including phenoxy) is 1. The average Bonchev–Trinajstić information content (AvgIpc) is 1.69. The van der Waals surface area contributed by atoms with Crippen molar-refractivity contribution in [2.75, 3.05) is 19.8 Å². The van der Waals surface area contributed by atoms with Gasteiger partial charge in [-0.05, 0) is 0 Å². The van der Waals surface area contributed by atoms with E-state index in [1.807, 2.05) is 0 Å². The van der Waals surface area contributed by atoms with E-state index in [2.05, 4.69) is 6.92 Å². The van der Waals surface area contributed by atoms with Crippen LogP contribution < -0.4 is 5.73 Å². The normalized spacial score (nSPS) is 9.29. The SMILES string of the molecule is [CH2+]CCOCCN. The van der Waals surface area contributed by atoms with Gasteiger partial charge in [-0.25, -0.2) is 0 Å². The van der Waals surface area contributed by atoms with Gasteiger partial charge in [0.05, 0.1) is 20.1 Å². The molecule has 0 aromatic carbocycles. The van der Waals surface area contributed by atoms with E-state index in [1.54, 1.807) is 0 Å². The van der Waals surface area contributed by atoms with Crippen LogP contribution in [0.3, 0.4) is 0 Å². The first-order valence-corrected chi connectivity index (χ1v) is 2.49. The van der Waals surface area contributed by atoms with Crippen molar-refractivity contribution in [3.63, 3.8) is 0 Å². The Hall–Kier alpha value is -0.210. The summed E-state index contributed by atoms with van der Waals surface area (Å²) in [5, 5.41) is 0. The Kier molecular flexibility index (Phi) is 5.62. The van der Waals surface area contributed by atoms with E-state index in [9.17, 15) is 0 Å². The fourth-order valence-electron chi connectivity index (χ4n) is 0.287. The van der Waals surface area contributed by atoms with Crippen LogP contribution in [0.15, 0.2) is 0 Å². The third kappa shape index (κ3) is 5.79. The first-order chi connectivity index (χ1) is 3.41. The molecule has 0 saturated heterocycles. The molecular weight excluding hydrogens is 90.1 g/mol. The van der Waals surface area contributed by atoms with E-state index in [4.69, 9.17) is 10.5 Å². The lowest BCUT2D eigenvalue weighted by atomic mass is 10.5. The van der Waals surface area contributed by atoms with Gasteiger partial charge in [0.1, 0.15) is 6.42 Å². The molecule has 0 unspecified atom stereocenters. The molecule has 2 N–H and O–H groups in total. The molecule has 0 aliphatic rings. The zero-order chi connectivity index (χ0) is 5.54. The summed E-state index contributed by atoms with van der Waals surface area (Å²) in [5.41, 5.74) is 5.12. The quantitative estimate of drug-likeness (QED) is 0.406. The van der Waals surface area contributed by atoms with Gasteiger partial charge in [0.2, 0.25) is 0 Å². The van der Waals surface area contributed by atoms with E-state index in [1.165, 1.54) is 0 Å². The van der Waals surface area contributed by atoms with E-state index in [0.29, 0.717) is 13.2 Å². The highest BCUT2D eigenvalue weighted by molar-refractivity contribution is 4.35. The molecule has 0 aromatic rings. The van der Waals surface area contributed by atoms with Crippen molar-refractivity contribution in [1.82, 2.24) is 0 Å². The van der Waals surface area contributed by atoms with Gasteiger partial charge < -0.3 is 10.5 Å². The molecule has 0 bridgehead atoms. The van der Waals surface area contributed by atoms with Gasteiger partial charge in [0, 0.05) is 6.54 Å². The summed E-state index contributed by atoms with van der Waals surface area (Å²) in [5.74, 6) is 0. The summed E-state index contributed by atoms with van der Waals surface area (Å²) < 4.78 is 4.94. The van der Waals surface area contributed by atoms with Gasteiger partial charge in [0.15, 0.2) is 0 Å². The van der Waals surface area contributed by atoms with E-state index in [0.717, 1.165) is 13.0 Å². The summed E-state index contributed by atoms with van der Waals surface area (Å²) in [7, 11) is 0. The molecule has 42 valence electrons. The number of hydrogen-bond donors (Lipinski definition) is 1. The van der Waals surface area contributed by atoms with Gasteiger partial charge in [0.25, 0.3) is 0 Å². The van der Waals surface area contributed by atoms with Crippen LogP contribution in [0.5, 0.6) is 0 Å². The fraction of sp³-hybridized carbons (Fsp3) is 0.800. The molecule has 2 nitrogen and oxygen atoms in total. The van der Waals surface area contributed by atoms with Crippen molar-refractivity contribution in [1.29, 1.82) is 0 Å². The molecule has 0 fully saturated rings. The van der Waals surface area contributed by atoms with Crippen molar-refractivity contribution in [2.24, 2.45) is 5.73 Å². The fourth-order valence-corrected chi connectivity index (χ4v) is 0.287. The lowest BCUT2D eigenvalue weighted by molar-refractivity contribution is 0.146. The van der Waals surface area contributed by atoms with Crippen LogP contribution in [0.1, 0.15) is 6.42 Å². The minimum absolute atomic E-state index is 0.611. The molecule has 0 aliphatic heterocycles. The molecule has 0 radical (unpaired) electrons. The second-order valence-corrected chi connectivity index (χ2v) is 1.25. The molecular formula is C5H12NO+. The lowest BCUT2D eigenvalue weighted by Gasteiger charge is -1.93. The molecule has 0 aliphatic carbocycles. The summed E-state index contributed by atoms with van der Waals surface area (Å²) in [4.78, 5) is 0. The maximum atomic E-state index is 5.12. The van der Waals surface area contributed by atoms with Crippen LogP contribution in [0.25, 0.3) is 0 Å². The Morgan fingerprint density at radius 2 is 2.14 bits per heavy atom. The number of hydrogen-bond acceptors (Lipinski definition) is 2. The van der Waals surface area contributed by atoms with Gasteiger partial charge in [-0.15, -0.1) is 0 Å². The van der Waals surface area contributed by atoms with Crippen LogP contribution in [-0.2, 0) is 4.74 Å². The van der Waals surface area contributed by atoms with Crippen LogP contribution in [0.2, 0.25) is 0 Å². The lowest BCUT2D eigenvalue weighted by Crippen LogP contribution is -2.08. The Morgan fingerprint density at radius 1 is 1.43 bits per heavy atom. The van der Waals surface area contributed by atoms with Crippen LogP contribution in [-0.4, -0.2) is 19.8 Å². The Labute approximate surface area is 44.7 Å². The molecule has 0 amide bonds.